The van der Waals surface area contributed by atoms with Gasteiger partial charge in [-0.1, -0.05) is 31.2 Å². The van der Waals surface area contributed by atoms with Gasteiger partial charge in [0, 0.05) is 12.6 Å². The minimum Gasteiger partial charge on any atom is -0.382 e. The largest absolute Gasteiger partial charge is 0.382 e. The highest BCUT2D eigenvalue weighted by Gasteiger charge is 2.24. The van der Waals surface area contributed by atoms with Crippen LogP contribution in [0.25, 0.3) is 0 Å². The van der Waals surface area contributed by atoms with Crippen LogP contribution in [0.1, 0.15) is 42.9 Å². The lowest BCUT2D eigenvalue weighted by molar-refractivity contribution is -0.125. The first kappa shape index (κ1) is 13.1. The fourth-order valence-corrected chi connectivity index (χ4v) is 2.57. The topological polar surface area (TPSA) is 75.3 Å². The molecule has 3 atom stereocenters. The second-order valence-electron chi connectivity index (χ2n) is 4.99. The minimum atomic E-state index is -1.11. The quantitative estimate of drug-likeness (QED) is 0.746. The molecule has 0 saturated heterocycles. The van der Waals surface area contributed by atoms with E-state index in [9.17, 15) is 9.90 Å². The third kappa shape index (κ3) is 2.71. The van der Waals surface area contributed by atoms with Crippen molar-refractivity contribution >= 4 is 5.91 Å². The van der Waals surface area contributed by atoms with Gasteiger partial charge in [-0.25, -0.2) is 0 Å². The summed E-state index contributed by atoms with van der Waals surface area (Å²) in [5, 5.41) is 12.6. The first-order chi connectivity index (χ1) is 8.59. The lowest BCUT2D eigenvalue weighted by Crippen LogP contribution is -2.39. The zero-order valence-corrected chi connectivity index (χ0v) is 10.6. The van der Waals surface area contributed by atoms with Crippen molar-refractivity contribution in [3.8, 4) is 0 Å². The summed E-state index contributed by atoms with van der Waals surface area (Å²) >= 11 is 0. The molecule has 1 aliphatic carbocycles. The smallest absolute Gasteiger partial charge is 0.247 e. The molecular weight excluding hydrogens is 228 g/mol. The summed E-state index contributed by atoms with van der Waals surface area (Å²) in [4.78, 5) is 10.8. The molecule has 98 valence electrons. The molecule has 1 aliphatic rings. The Balaban J connectivity index is 2.07. The molecule has 1 aromatic carbocycles. The third-order valence-electron chi connectivity index (χ3n) is 3.68. The molecule has 18 heavy (non-hydrogen) atoms. The van der Waals surface area contributed by atoms with E-state index in [4.69, 9.17) is 5.73 Å². The molecule has 1 amide bonds. The summed E-state index contributed by atoms with van der Waals surface area (Å²) in [5.41, 5.74) is 7.67. The number of nitrogens with two attached hydrogens (primary N) is 1. The van der Waals surface area contributed by atoms with E-state index in [1.54, 1.807) is 0 Å². The van der Waals surface area contributed by atoms with Gasteiger partial charge in [0.2, 0.25) is 5.91 Å². The molecule has 0 saturated carbocycles. The molecule has 4 nitrogen and oxygen atoms in total. The normalized spacial score (nSPS) is 24.3. The Morgan fingerprint density at radius 3 is 2.78 bits per heavy atom. The number of aliphatic hydroxyl groups is 1. The second-order valence-corrected chi connectivity index (χ2v) is 4.99. The van der Waals surface area contributed by atoms with Crippen molar-refractivity contribution in [2.24, 2.45) is 5.73 Å². The first-order valence-corrected chi connectivity index (χ1v) is 6.39. The highest BCUT2D eigenvalue weighted by molar-refractivity contribution is 5.78. The molecule has 4 heteroatoms. The maximum Gasteiger partial charge on any atom is 0.247 e. The Hall–Kier alpha value is -1.39. The van der Waals surface area contributed by atoms with Crippen LogP contribution in [0.2, 0.25) is 0 Å². The van der Waals surface area contributed by atoms with Crippen LogP contribution in [0.5, 0.6) is 0 Å². The Kier molecular flexibility index (Phi) is 3.99. The van der Waals surface area contributed by atoms with E-state index in [0.29, 0.717) is 5.92 Å². The summed E-state index contributed by atoms with van der Waals surface area (Å²) in [5.74, 6) is -0.111. The molecule has 0 radical (unpaired) electrons. The van der Waals surface area contributed by atoms with Gasteiger partial charge in [0.05, 0.1) is 0 Å². The minimum absolute atomic E-state index is 0.200. The summed E-state index contributed by atoms with van der Waals surface area (Å²) in [6.45, 7) is 2.44. The molecule has 2 rings (SSSR count). The lowest BCUT2D eigenvalue weighted by Gasteiger charge is -2.30. The maximum atomic E-state index is 10.8. The molecule has 0 heterocycles. The predicted molar refractivity (Wildman–Crippen MR) is 70.0 cm³/mol. The number of nitrogens with one attached hydrogen (secondary N) is 1. The maximum absolute atomic E-state index is 10.8. The van der Waals surface area contributed by atoms with Gasteiger partial charge >= 0.3 is 0 Å². The number of primary amides is 1. The van der Waals surface area contributed by atoms with Gasteiger partial charge < -0.3 is 16.2 Å². The monoisotopic (exact) mass is 248 g/mol. The first-order valence-electron chi connectivity index (χ1n) is 6.39. The van der Waals surface area contributed by atoms with Crippen LogP contribution in [-0.4, -0.2) is 23.7 Å². The van der Waals surface area contributed by atoms with Crippen LogP contribution >= 0.6 is 0 Å². The number of hydrogen-bond acceptors (Lipinski definition) is 3. The Morgan fingerprint density at radius 1 is 1.44 bits per heavy atom. The van der Waals surface area contributed by atoms with Gasteiger partial charge in [0.15, 0.2) is 0 Å². The van der Waals surface area contributed by atoms with Crippen LogP contribution < -0.4 is 11.1 Å². The van der Waals surface area contributed by atoms with Crippen molar-refractivity contribution < 1.29 is 9.90 Å². The number of carbonyl (C=O) groups is 1. The van der Waals surface area contributed by atoms with Gasteiger partial charge in [0.25, 0.3) is 0 Å². The lowest BCUT2D eigenvalue weighted by atomic mass is 9.81. The highest BCUT2D eigenvalue weighted by atomic mass is 16.3. The van der Waals surface area contributed by atoms with Crippen molar-refractivity contribution in [2.45, 2.75) is 37.8 Å². The summed E-state index contributed by atoms with van der Waals surface area (Å²) in [6, 6.07) is 8.54. The van der Waals surface area contributed by atoms with Crippen LogP contribution in [0, 0.1) is 0 Å². The fraction of sp³-hybridized carbons (Fsp3) is 0.500. The van der Waals surface area contributed by atoms with Crippen LogP contribution in [0.15, 0.2) is 24.3 Å². The number of amides is 1. The van der Waals surface area contributed by atoms with Crippen LogP contribution in [0.4, 0.5) is 0 Å². The molecule has 1 aromatic rings. The number of aliphatic hydroxyl groups excluding tert-OH is 1. The summed E-state index contributed by atoms with van der Waals surface area (Å²) < 4.78 is 0. The average Bonchev–Trinajstić information content (AvgIpc) is 2.38. The molecule has 4 N–H and O–H groups in total. The summed E-state index contributed by atoms with van der Waals surface area (Å²) in [6.07, 6.45) is 1.02. The van der Waals surface area contributed by atoms with Crippen molar-refractivity contribution in [2.75, 3.05) is 6.54 Å². The van der Waals surface area contributed by atoms with E-state index < -0.39 is 12.0 Å². The summed E-state index contributed by atoms with van der Waals surface area (Å²) in [7, 11) is 0. The number of fused-ring (bicyclic) bond motifs is 1. The van der Waals surface area contributed by atoms with E-state index in [1.165, 1.54) is 11.1 Å². The molecule has 0 spiro atoms. The molecule has 0 aliphatic heterocycles. The van der Waals surface area contributed by atoms with E-state index >= 15 is 0 Å². The standard InChI is InChI=1S/C14H20N2O2/c1-9-6-7-12(16-8-13(17)14(15)18)11-5-3-2-4-10(9)11/h2-5,9,12-13,16-17H,6-8H2,1H3,(H2,15,18). The zero-order chi connectivity index (χ0) is 13.1. The van der Waals surface area contributed by atoms with Crippen molar-refractivity contribution in [1.82, 2.24) is 5.32 Å². The SMILES string of the molecule is CC1CCC(NCC(O)C(N)=O)c2ccccc21. The average molecular weight is 248 g/mol. The van der Waals surface area contributed by atoms with Gasteiger partial charge in [-0.05, 0) is 29.9 Å². The van der Waals surface area contributed by atoms with Gasteiger partial charge in [0.1, 0.15) is 6.10 Å². The molecule has 0 aromatic heterocycles. The van der Waals surface area contributed by atoms with Crippen molar-refractivity contribution in [3.63, 3.8) is 0 Å². The van der Waals surface area contributed by atoms with E-state index in [2.05, 4.69) is 30.4 Å². The molecule has 0 bridgehead atoms. The second kappa shape index (κ2) is 5.50. The van der Waals surface area contributed by atoms with E-state index in [0.717, 1.165) is 12.8 Å². The van der Waals surface area contributed by atoms with Gasteiger partial charge in [-0.15, -0.1) is 0 Å². The van der Waals surface area contributed by atoms with Crippen molar-refractivity contribution in [1.29, 1.82) is 0 Å². The number of rotatable bonds is 4. The fourth-order valence-electron chi connectivity index (χ4n) is 2.57. The van der Waals surface area contributed by atoms with Crippen LogP contribution in [0.3, 0.4) is 0 Å². The number of carbonyl (C=O) groups excluding carboxylic acids is 1. The Labute approximate surface area is 107 Å². The predicted octanol–water partition coefficient (Wildman–Crippen LogP) is 1.06. The van der Waals surface area contributed by atoms with Gasteiger partial charge in [-0.3, -0.25) is 4.79 Å². The number of benzene rings is 1. The van der Waals surface area contributed by atoms with Crippen molar-refractivity contribution in [3.05, 3.63) is 35.4 Å². The third-order valence-corrected chi connectivity index (χ3v) is 3.68. The highest BCUT2D eigenvalue weighted by Crippen LogP contribution is 2.36. The molecular formula is C14H20N2O2. The zero-order valence-electron chi connectivity index (χ0n) is 10.6. The van der Waals surface area contributed by atoms with E-state index in [1.807, 2.05) is 6.07 Å². The molecule has 3 unspecified atom stereocenters. The number of hydrogen-bond donors (Lipinski definition) is 3. The van der Waals surface area contributed by atoms with E-state index in [-0.39, 0.29) is 12.6 Å². The Bertz CT molecular complexity index is 434. The Morgan fingerprint density at radius 2 is 2.11 bits per heavy atom. The van der Waals surface area contributed by atoms with Crippen LogP contribution in [-0.2, 0) is 4.79 Å². The van der Waals surface area contributed by atoms with Gasteiger partial charge in [-0.2, -0.15) is 0 Å². The molecule has 0 fully saturated rings.